The average Bonchev–Trinajstić information content (AvgIpc) is 3.05. The Balaban J connectivity index is 1.90. The number of rotatable bonds is 10. The molecule has 2 rings (SSSR count). The largest absolute Gasteiger partial charge is 0.481 e. The van der Waals surface area contributed by atoms with E-state index in [0.29, 0.717) is 19.3 Å². The predicted molar refractivity (Wildman–Crippen MR) is 96.5 cm³/mol. The molecular weight excluding hydrogens is 339 g/mol. The number of fused-ring (bicyclic) bond motifs is 1. The number of ether oxygens (including phenoxy) is 1. The van der Waals surface area contributed by atoms with E-state index in [-0.39, 0.29) is 18.4 Å². The van der Waals surface area contributed by atoms with Crippen molar-refractivity contribution in [1.29, 1.82) is 0 Å². The average molecular weight is 370 g/mol. The van der Waals surface area contributed by atoms with Crippen molar-refractivity contribution in [1.82, 2.24) is 0 Å². The van der Waals surface area contributed by atoms with Gasteiger partial charge < -0.3 is 20.1 Å². The van der Waals surface area contributed by atoms with Crippen LogP contribution in [0.2, 0.25) is 0 Å². The molecule has 1 heterocycles. The van der Waals surface area contributed by atoms with Crippen molar-refractivity contribution in [2.24, 2.45) is 11.8 Å². The molecule has 1 aliphatic carbocycles. The van der Waals surface area contributed by atoms with Gasteiger partial charge in [-0.3, -0.25) is 4.79 Å². The number of aliphatic hydroxyl groups excluding tert-OH is 2. The number of halogens is 1. The van der Waals surface area contributed by atoms with E-state index in [1.165, 1.54) is 0 Å². The molecule has 0 bridgehead atoms. The van der Waals surface area contributed by atoms with E-state index in [0.717, 1.165) is 19.3 Å². The number of hydrogen-bond acceptors (Lipinski definition) is 4. The Kier molecular flexibility index (Phi) is 8.25. The molecule has 148 valence electrons. The van der Waals surface area contributed by atoms with Crippen molar-refractivity contribution in [3.63, 3.8) is 0 Å². The fourth-order valence-electron chi connectivity index (χ4n) is 3.92. The van der Waals surface area contributed by atoms with E-state index in [4.69, 9.17) is 9.84 Å². The van der Waals surface area contributed by atoms with Crippen molar-refractivity contribution in [3.05, 3.63) is 24.3 Å². The molecule has 26 heavy (non-hydrogen) atoms. The second-order valence-corrected chi connectivity index (χ2v) is 7.35. The zero-order valence-corrected chi connectivity index (χ0v) is 15.3. The zero-order valence-electron chi connectivity index (χ0n) is 15.3. The van der Waals surface area contributed by atoms with Crippen molar-refractivity contribution in [2.75, 3.05) is 0 Å². The van der Waals surface area contributed by atoms with Gasteiger partial charge in [-0.2, -0.15) is 0 Å². The van der Waals surface area contributed by atoms with E-state index in [1.807, 2.05) is 0 Å². The van der Waals surface area contributed by atoms with Gasteiger partial charge in [0.05, 0.1) is 18.3 Å². The molecule has 3 N–H and O–H groups in total. The molecule has 2 aliphatic rings. The first-order valence-corrected chi connectivity index (χ1v) is 9.66. The third-order valence-corrected chi connectivity index (χ3v) is 5.31. The Bertz CT molecular complexity index is 506. The summed E-state index contributed by atoms with van der Waals surface area (Å²) in [5.41, 5.74) is 0. The highest BCUT2D eigenvalue weighted by molar-refractivity contribution is 5.66. The number of unbranched alkanes of at least 4 members (excludes halogenated alkanes) is 2. The van der Waals surface area contributed by atoms with Crippen LogP contribution in [0.15, 0.2) is 24.3 Å². The number of carbonyl (C=O) groups is 1. The highest BCUT2D eigenvalue weighted by Crippen LogP contribution is 2.46. The molecule has 6 heteroatoms. The number of allylic oxidation sites excluding steroid dienone is 1. The standard InChI is InChI=1S/C20H31FO5/c1-2-3-4-7-13(22)10-11-14-15(23)12-17-19(14)20(21)16(26-17)8-5-6-9-18(24)25/h5,8,10-11,13-17,19-20,22-23H,2-4,6-7,9,12H2,1H3,(H,24,25)/b8-5+,11-10+/t13-,14+,15-,16?,17+,19-,20+/m1/s1. The van der Waals surface area contributed by atoms with Crippen LogP contribution in [0.4, 0.5) is 4.39 Å². The summed E-state index contributed by atoms with van der Waals surface area (Å²) in [5, 5.41) is 28.9. The molecule has 1 saturated carbocycles. The molecule has 7 atom stereocenters. The third-order valence-electron chi connectivity index (χ3n) is 5.31. The Hall–Kier alpha value is -1.24. The van der Waals surface area contributed by atoms with Crippen molar-refractivity contribution in [3.8, 4) is 0 Å². The van der Waals surface area contributed by atoms with E-state index in [1.54, 1.807) is 24.3 Å². The lowest BCUT2D eigenvalue weighted by atomic mass is 9.88. The summed E-state index contributed by atoms with van der Waals surface area (Å²) < 4.78 is 20.6. The molecule has 1 unspecified atom stereocenters. The van der Waals surface area contributed by atoms with Crippen molar-refractivity contribution < 1.29 is 29.2 Å². The van der Waals surface area contributed by atoms with E-state index in [9.17, 15) is 19.4 Å². The molecule has 0 aromatic carbocycles. The molecular formula is C20H31FO5. The molecule has 0 radical (unpaired) electrons. The Morgan fingerprint density at radius 3 is 2.81 bits per heavy atom. The maximum absolute atomic E-state index is 14.8. The number of hydrogen-bond donors (Lipinski definition) is 3. The lowest BCUT2D eigenvalue weighted by Crippen LogP contribution is -2.28. The minimum Gasteiger partial charge on any atom is -0.481 e. The Morgan fingerprint density at radius 2 is 2.12 bits per heavy atom. The highest BCUT2D eigenvalue weighted by Gasteiger charge is 2.53. The van der Waals surface area contributed by atoms with Crippen molar-refractivity contribution >= 4 is 5.97 Å². The van der Waals surface area contributed by atoms with Crippen LogP contribution in [0.1, 0.15) is 51.9 Å². The van der Waals surface area contributed by atoms with Gasteiger partial charge in [-0.15, -0.1) is 0 Å². The SMILES string of the molecule is CCCCC[C@@H](O)/C=C/[C@@H]1[C@@H]2[C@H](C[C@H]1O)OC(/C=C/CCC(=O)O)[C@@H]2F. The van der Waals surface area contributed by atoms with Gasteiger partial charge >= 0.3 is 5.97 Å². The second-order valence-electron chi connectivity index (χ2n) is 7.35. The number of carboxylic acids is 1. The van der Waals surface area contributed by atoms with Gasteiger partial charge in [0.1, 0.15) is 12.3 Å². The minimum absolute atomic E-state index is 0.00697. The van der Waals surface area contributed by atoms with Gasteiger partial charge in [0.25, 0.3) is 0 Å². The first kappa shape index (κ1) is 21.1. The molecule has 0 amide bonds. The number of aliphatic hydroxyl groups is 2. The molecule has 0 aromatic rings. The van der Waals surface area contributed by atoms with Crippen LogP contribution < -0.4 is 0 Å². The molecule has 2 fully saturated rings. The number of alkyl halides is 1. The number of aliphatic carboxylic acids is 1. The van der Waals surface area contributed by atoms with Crippen LogP contribution in [-0.2, 0) is 9.53 Å². The maximum atomic E-state index is 14.8. The summed E-state index contributed by atoms with van der Waals surface area (Å²) in [7, 11) is 0. The summed E-state index contributed by atoms with van der Waals surface area (Å²) in [4.78, 5) is 10.5. The molecule has 1 aliphatic heterocycles. The van der Waals surface area contributed by atoms with Crippen LogP contribution >= 0.6 is 0 Å². The van der Waals surface area contributed by atoms with Gasteiger partial charge in [0.2, 0.25) is 0 Å². The molecule has 5 nitrogen and oxygen atoms in total. The van der Waals surface area contributed by atoms with Gasteiger partial charge in [0.15, 0.2) is 0 Å². The molecule has 0 spiro atoms. The maximum Gasteiger partial charge on any atom is 0.303 e. The van der Waals surface area contributed by atoms with Crippen LogP contribution in [0.3, 0.4) is 0 Å². The van der Waals surface area contributed by atoms with E-state index in [2.05, 4.69) is 6.92 Å². The van der Waals surface area contributed by atoms with Gasteiger partial charge in [0, 0.05) is 24.7 Å². The van der Waals surface area contributed by atoms with Crippen LogP contribution in [-0.4, -0.2) is 51.9 Å². The highest BCUT2D eigenvalue weighted by atomic mass is 19.1. The smallest absolute Gasteiger partial charge is 0.303 e. The molecule has 1 saturated heterocycles. The van der Waals surface area contributed by atoms with Gasteiger partial charge in [-0.25, -0.2) is 4.39 Å². The summed E-state index contributed by atoms with van der Waals surface area (Å²) in [6.07, 6.45) is 7.64. The first-order chi connectivity index (χ1) is 12.4. The number of carboxylic acid groups (broad SMARTS) is 1. The first-order valence-electron chi connectivity index (χ1n) is 9.66. The van der Waals surface area contributed by atoms with Gasteiger partial charge in [-0.1, -0.05) is 50.5 Å². The van der Waals surface area contributed by atoms with Crippen molar-refractivity contribution in [2.45, 2.75) is 82.5 Å². The van der Waals surface area contributed by atoms with Crippen LogP contribution in [0, 0.1) is 11.8 Å². The minimum atomic E-state index is -1.25. The van der Waals surface area contributed by atoms with E-state index < -0.39 is 36.4 Å². The summed E-state index contributed by atoms with van der Waals surface area (Å²) in [5.74, 6) is -1.69. The topological polar surface area (TPSA) is 87.0 Å². The summed E-state index contributed by atoms with van der Waals surface area (Å²) in [6.45, 7) is 2.10. The third kappa shape index (κ3) is 5.63. The monoisotopic (exact) mass is 370 g/mol. The molecule has 0 aromatic heterocycles. The normalized spacial score (nSPS) is 35.4. The summed E-state index contributed by atoms with van der Waals surface area (Å²) >= 11 is 0. The fraction of sp³-hybridized carbons (Fsp3) is 0.750. The Labute approximate surface area is 154 Å². The van der Waals surface area contributed by atoms with E-state index >= 15 is 0 Å². The van der Waals surface area contributed by atoms with Crippen LogP contribution in [0.25, 0.3) is 0 Å². The fourth-order valence-corrected chi connectivity index (χ4v) is 3.92. The quantitative estimate of drug-likeness (QED) is 0.406. The van der Waals surface area contributed by atoms with Gasteiger partial charge in [-0.05, 0) is 12.8 Å². The Morgan fingerprint density at radius 1 is 1.35 bits per heavy atom. The predicted octanol–water partition coefficient (Wildman–Crippen LogP) is 3.01. The summed E-state index contributed by atoms with van der Waals surface area (Å²) in [6, 6.07) is 0. The zero-order chi connectivity index (χ0) is 19.1. The second kappa shape index (κ2) is 10.2. The lowest BCUT2D eigenvalue weighted by Gasteiger charge is -2.20. The van der Waals surface area contributed by atoms with Crippen LogP contribution in [0.5, 0.6) is 0 Å². The lowest BCUT2D eigenvalue weighted by molar-refractivity contribution is -0.136.